The van der Waals surface area contributed by atoms with E-state index in [1.54, 1.807) is 7.11 Å². The van der Waals surface area contributed by atoms with E-state index in [1.165, 1.54) is 16.7 Å². The summed E-state index contributed by atoms with van der Waals surface area (Å²) in [6.45, 7) is 4.32. The van der Waals surface area contributed by atoms with Gasteiger partial charge >= 0.3 is 0 Å². The molecule has 1 saturated heterocycles. The van der Waals surface area contributed by atoms with E-state index >= 15 is 0 Å². The topological polar surface area (TPSA) is 24.5 Å². The van der Waals surface area contributed by atoms with Gasteiger partial charge < -0.3 is 10.1 Å². The largest absolute Gasteiger partial charge is 0.496 e. The van der Waals surface area contributed by atoms with E-state index in [0.29, 0.717) is 12.0 Å². The van der Waals surface area contributed by atoms with Crippen LogP contribution in [0.15, 0.2) is 48.5 Å². The highest BCUT2D eigenvalue weighted by molar-refractivity contribution is 5.85. The summed E-state index contributed by atoms with van der Waals surface area (Å²) < 4.78 is 5.62. The molecule has 0 bridgehead atoms. The molecule has 0 aliphatic carbocycles. The lowest BCUT2D eigenvalue weighted by Gasteiger charge is -2.44. The molecule has 0 aromatic heterocycles. The molecule has 0 radical (unpaired) electrons. The zero-order valence-corrected chi connectivity index (χ0v) is 15.4. The minimum absolute atomic E-state index is 0. The van der Waals surface area contributed by atoms with E-state index in [0.717, 1.165) is 31.9 Å². The Labute approximate surface area is 156 Å². The number of rotatable bonds is 2. The monoisotopic (exact) mass is 366 g/mol. The van der Waals surface area contributed by atoms with Gasteiger partial charge in [0.1, 0.15) is 5.75 Å². The zero-order valence-electron chi connectivity index (χ0n) is 13.8. The number of hydrogen-bond acceptors (Lipinski definition) is 3. The second-order valence-electron chi connectivity index (χ2n) is 6.14. The molecule has 24 heavy (non-hydrogen) atoms. The van der Waals surface area contributed by atoms with E-state index in [9.17, 15) is 0 Å². The fourth-order valence-corrected chi connectivity index (χ4v) is 3.96. The number of fused-ring (bicyclic) bond motifs is 3. The van der Waals surface area contributed by atoms with E-state index in [4.69, 9.17) is 4.74 Å². The van der Waals surface area contributed by atoms with Gasteiger partial charge in [0.05, 0.1) is 7.11 Å². The molecule has 2 unspecified atom stereocenters. The van der Waals surface area contributed by atoms with E-state index in [1.807, 2.05) is 6.07 Å². The average Bonchev–Trinajstić information content (AvgIpc) is 2.61. The number of methoxy groups -OCH3 is 1. The van der Waals surface area contributed by atoms with Gasteiger partial charge in [0, 0.05) is 43.7 Å². The Hall–Kier alpha value is -1.26. The van der Waals surface area contributed by atoms with Crippen molar-refractivity contribution in [3.05, 3.63) is 65.2 Å². The van der Waals surface area contributed by atoms with Gasteiger partial charge in [-0.05, 0) is 17.2 Å². The van der Waals surface area contributed by atoms with Crippen LogP contribution in [0.4, 0.5) is 0 Å². The van der Waals surface area contributed by atoms with Gasteiger partial charge in [0.15, 0.2) is 0 Å². The lowest BCUT2D eigenvalue weighted by molar-refractivity contribution is 0.142. The Kier molecular flexibility index (Phi) is 6.53. The SMILES string of the molecule is COc1ccccc1C1CN2CCNCC2c2ccccc21.Cl.Cl. The number of nitrogens with zero attached hydrogens (tertiary/aromatic N) is 1. The second-order valence-corrected chi connectivity index (χ2v) is 6.14. The summed E-state index contributed by atoms with van der Waals surface area (Å²) in [4.78, 5) is 2.62. The summed E-state index contributed by atoms with van der Waals surface area (Å²) in [5.41, 5.74) is 4.23. The van der Waals surface area contributed by atoms with Crippen LogP contribution in [-0.2, 0) is 0 Å². The Morgan fingerprint density at radius 1 is 0.958 bits per heavy atom. The number of nitrogens with one attached hydrogen (secondary N) is 1. The molecule has 4 rings (SSSR count). The molecule has 2 aliphatic heterocycles. The van der Waals surface area contributed by atoms with Gasteiger partial charge in [-0.15, -0.1) is 24.8 Å². The molecule has 1 N–H and O–H groups in total. The van der Waals surface area contributed by atoms with Crippen LogP contribution < -0.4 is 10.1 Å². The normalized spacial score (nSPS) is 22.4. The molecule has 3 nitrogen and oxygen atoms in total. The lowest BCUT2D eigenvalue weighted by atomic mass is 9.80. The average molecular weight is 367 g/mol. The fourth-order valence-electron chi connectivity index (χ4n) is 3.96. The third-order valence-corrected chi connectivity index (χ3v) is 5.02. The number of hydrogen-bond donors (Lipinski definition) is 1. The minimum atomic E-state index is 0. The minimum Gasteiger partial charge on any atom is -0.496 e. The van der Waals surface area contributed by atoms with Crippen LogP contribution in [0.2, 0.25) is 0 Å². The molecule has 2 aliphatic rings. The molecule has 0 amide bonds. The van der Waals surface area contributed by atoms with E-state index in [-0.39, 0.29) is 24.8 Å². The second kappa shape index (κ2) is 8.21. The summed E-state index contributed by atoms with van der Waals surface area (Å²) in [7, 11) is 1.77. The number of ether oxygens (including phenoxy) is 1. The maximum Gasteiger partial charge on any atom is 0.122 e. The summed E-state index contributed by atoms with van der Waals surface area (Å²) in [5, 5.41) is 3.54. The molecular weight excluding hydrogens is 343 g/mol. The maximum atomic E-state index is 5.62. The molecule has 130 valence electrons. The van der Waals surface area contributed by atoms with Gasteiger partial charge in [0.25, 0.3) is 0 Å². The van der Waals surface area contributed by atoms with Crippen molar-refractivity contribution < 1.29 is 4.74 Å². The number of halogens is 2. The Balaban J connectivity index is 0.00000104. The third kappa shape index (κ3) is 3.27. The van der Waals surface area contributed by atoms with Crippen LogP contribution in [0.5, 0.6) is 5.75 Å². The quantitative estimate of drug-likeness (QED) is 0.877. The predicted octanol–water partition coefficient (Wildman–Crippen LogP) is 3.63. The highest BCUT2D eigenvalue weighted by Gasteiger charge is 2.35. The van der Waals surface area contributed by atoms with Crippen molar-refractivity contribution in [3.8, 4) is 5.75 Å². The lowest BCUT2D eigenvalue weighted by Crippen LogP contribution is -2.50. The highest BCUT2D eigenvalue weighted by atomic mass is 35.5. The third-order valence-electron chi connectivity index (χ3n) is 5.02. The molecule has 2 heterocycles. The van der Waals surface area contributed by atoms with Crippen molar-refractivity contribution in [3.63, 3.8) is 0 Å². The smallest absolute Gasteiger partial charge is 0.122 e. The number of para-hydroxylation sites is 1. The van der Waals surface area contributed by atoms with Crippen molar-refractivity contribution in [1.82, 2.24) is 10.2 Å². The van der Waals surface area contributed by atoms with Crippen molar-refractivity contribution in [2.24, 2.45) is 0 Å². The van der Waals surface area contributed by atoms with Gasteiger partial charge in [-0.1, -0.05) is 42.5 Å². The molecule has 2 atom stereocenters. The molecule has 1 fully saturated rings. The molecular formula is C19H24Cl2N2O. The predicted molar refractivity (Wildman–Crippen MR) is 103 cm³/mol. The van der Waals surface area contributed by atoms with Crippen molar-refractivity contribution in [2.45, 2.75) is 12.0 Å². The standard InChI is InChI=1S/C19H22N2O.2ClH/c1-22-19-9-5-4-8-16(19)17-13-21-11-10-20-12-18(21)15-7-3-2-6-14(15)17;;/h2-9,17-18,20H,10-13H2,1H3;2*1H. The summed E-state index contributed by atoms with van der Waals surface area (Å²) in [6, 6.07) is 17.9. The van der Waals surface area contributed by atoms with Crippen LogP contribution in [-0.4, -0.2) is 38.2 Å². The van der Waals surface area contributed by atoms with E-state index in [2.05, 4.69) is 52.7 Å². The number of benzene rings is 2. The summed E-state index contributed by atoms with van der Waals surface area (Å²) >= 11 is 0. The molecule has 5 heteroatoms. The molecule has 0 saturated carbocycles. The maximum absolute atomic E-state index is 5.62. The van der Waals surface area contributed by atoms with Crippen molar-refractivity contribution in [1.29, 1.82) is 0 Å². The Morgan fingerprint density at radius 2 is 1.62 bits per heavy atom. The van der Waals surface area contributed by atoms with Crippen molar-refractivity contribution >= 4 is 24.8 Å². The highest BCUT2D eigenvalue weighted by Crippen LogP contribution is 2.42. The van der Waals surface area contributed by atoms with Gasteiger partial charge in [-0.2, -0.15) is 0 Å². The number of piperazine rings is 1. The van der Waals surface area contributed by atoms with Crippen LogP contribution in [0.25, 0.3) is 0 Å². The Morgan fingerprint density at radius 3 is 2.38 bits per heavy atom. The fraction of sp³-hybridized carbons (Fsp3) is 0.368. The summed E-state index contributed by atoms with van der Waals surface area (Å²) in [6.07, 6.45) is 0. The first-order valence-corrected chi connectivity index (χ1v) is 8.05. The first-order valence-electron chi connectivity index (χ1n) is 8.05. The van der Waals surface area contributed by atoms with Gasteiger partial charge in [-0.3, -0.25) is 4.90 Å². The van der Waals surface area contributed by atoms with Crippen LogP contribution >= 0.6 is 24.8 Å². The molecule has 2 aromatic carbocycles. The van der Waals surface area contributed by atoms with Crippen LogP contribution in [0.1, 0.15) is 28.7 Å². The van der Waals surface area contributed by atoms with E-state index < -0.39 is 0 Å². The first-order chi connectivity index (χ1) is 10.9. The molecule has 0 spiro atoms. The van der Waals surface area contributed by atoms with Crippen molar-refractivity contribution in [2.75, 3.05) is 33.3 Å². The van der Waals surface area contributed by atoms with Crippen LogP contribution in [0.3, 0.4) is 0 Å². The molecule has 2 aromatic rings. The zero-order chi connectivity index (χ0) is 14.9. The summed E-state index contributed by atoms with van der Waals surface area (Å²) in [5.74, 6) is 1.39. The van der Waals surface area contributed by atoms with Gasteiger partial charge in [0.2, 0.25) is 0 Å². The first kappa shape index (κ1) is 19.1. The van der Waals surface area contributed by atoms with Gasteiger partial charge in [-0.25, -0.2) is 0 Å². The van der Waals surface area contributed by atoms with Crippen LogP contribution in [0, 0.1) is 0 Å². The Bertz CT molecular complexity index is 680.